The Hall–Kier alpha value is -5.23. The number of nitrogens with zero attached hydrogens (tertiary/aromatic N) is 3. The second-order valence-corrected chi connectivity index (χ2v) is 16.0. The number of fused-ring (bicyclic) bond motifs is 11. The minimum Gasteiger partial charge on any atom is -0.265 e. The summed E-state index contributed by atoms with van der Waals surface area (Å²) in [7, 11) is 0. The zero-order valence-corrected chi connectivity index (χ0v) is 29.0. The molecule has 238 valence electrons. The second kappa shape index (κ2) is 10.9. The van der Waals surface area contributed by atoms with Crippen LogP contribution in [0.25, 0.3) is 85.1 Å². The maximum atomic E-state index is 4.84. The Morgan fingerprint density at radius 3 is 2.20 bits per heavy atom. The van der Waals surface area contributed by atoms with Gasteiger partial charge >= 0.3 is 0 Å². The van der Waals surface area contributed by atoms with Gasteiger partial charge in [0.25, 0.3) is 0 Å². The molecule has 9 aromatic rings. The zero-order chi connectivity index (χ0) is 32.8. The third-order valence-electron chi connectivity index (χ3n) is 11.3. The molecule has 2 aliphatic rings. The lowest BCUT2D eigenvalue weighted by Gasteiger charge is -2.36. The van der Waals surface area contributed by atoms with Crippen LogP contribution in [0.1, 0.15) is 43.2 Å². The maximum absolute atomic E-state index is 4.84. The Kier molecular flexibility index (Phi) is 6.22. The van der Waals surface area contributed by atoms with Crippen LogP contribution in [-0.4, -0.2) is 15.0 Å². The van der Waals surface area contributed by atoms with Crippen molar-refractivity contribution in [3.63, 3.8) is 0 Å². The van der Waals surface area contributed by atoms with E-state index in [9.17, 15) is 0 Å². The molecule has 11 rings (SSSR count). The van der Waals surface area contributed by atoms with Gasteiger partial charge in [0.2, 0.25) is 0 Å². The van der Waals surface area contributed by atoms with E-state index in [4.69, 9.17) is 9.97 Å². The fourth-order valence-electron chi connectivity index (χ4n) is 9.09. The van der Waals surface area contributed by atoms with Crippen molar-refractivity contribution < 1.29 is 0 Å². The first kappa shape index (κ1) is 28.6. The number of aromatic nitrogens is 3. The van der Waals surface area contributed by atoms with Crippen molar-refractivity contribution in [2.45, 2.75) is 37.5 Å². The summed E-state index contributed by atoms with van der Waals surface area (Å²) in [6.45, 7) is 0. The van der Waals surface area contributed by atoms with Crippen molar-refractivity contribution in [1.82, 2.24) is 15.0 Å². The number of rotatable bonds is 3. The normalized spacial score (nSPS) is 15.0. The van der Waals surface area contributed by atoms with E-state index in [2.05, 4.69) is 102 Å². The molecule has 0 atom stereocenters. The zero-order valence-electron chi connectivity index (χ0n) is 27.3. The Morgan fingerprint density at radius 1 is 0.520 bits per heavy atom. The SMILES string of the molecule is c1ccc2c(c1)-c1cc(-c3cccc4c3sc3cc(-c5cccc6sc7c(-c8ccncc8)ncnc7c56)ccc34)ccc1C21CCCCC1. The van der Waals surface area contributed by atoms with Gasteiger partial charge in [-0.1, -0.05) is 98.1 Å². The van der Waals surface area contributed by atoms with Gasteiger partial charge in [0, 0.05) is 53.6 Å². The molecular formula is C45H31N3S2. The largest absolute Gasteiger partial charge is 0.265 e. The van der Waals surface area contributed by atoms with Gasteiger partial charge in [-0.05, 0) is 87.7 Å². The highest BCUT2D eigenvalue weighted by Gasteiger charge is 2.43. The average molecular weight is 678 g/mol. The van der Waals surface area contributed by atoms with Crippen LogP contribution in [0.2, 0.25) is 0 Å². The van der Waals surface area contributed by atoms with Crippen LogP contribution in [0.4, 0.5) is 0 Å². The third kappa shape index (κ3) is 4.05. The Labute approximate surface area is 298 Å². The van der Waals surface area contributed by atoms with Crippen LogP contribution < -0.4 is 0 Å². The van der Waals surface area contributed by atoms with Crippen molar-refractivity contribution in [1.29, 1.82) is 0 Å². The van der Waals surface area contributed by atoms with Gasteiger partial charge in [-0.15, -0.1) is 22.7 Å². The molecule has 0 unspecified atom stereocenters. The van der Waals surface area contributed by atoms with E-state index < -0.39 is 0 Å². The lowest BCUT2D eigenvalue weighted by molar-refractivity contribution is 0.353. The molecule has 2 aliphatic carbocycles. The molecule has 0 aliphatic heterocycles. The monoisotopic (exact) mass is 677 g/mol. The maximum Gasteiger partial charge on any atom is 0.116 e. The summed E-state index contributed by atoms with van der Waals surface area (Å²) >= 11 is 3.68. The minimum atomic E-state index is 0.186. The lowest BCUT2D eigenvalue weighted by Crippen LogP contribution is -2.27. The van der Waals surface area contributed by atoms with Crippen molar-refractivity contribution in [3.05, 3.63) is 139 Å². The van der Waals surface area contributed by atoms with Crippen molar-refractivity contribution in [2.75, 3.05) is 0 Å². The van der Waals surface area contributed by atoms with Crippen molar-refractivity contribution in [3.8, 4) is 44.6 Å². The summed E-state index contributed by atoms with van der Waals surface area (Å²) in [5.41, 5.74) is 14.2. The molecule has 1 saturated carbocycles. The van der Waals surface area contributed by atoms with Crippen molar-refractivity contribution in [2.24, 2.45) is 0 Å². The molecular weight excluding hydrogens is 647 g/mol. The average Bonchev–Trinajstić information content (AvgIpc) is 3.84. The fraction of sp³-hybridized carbons (Fsp3) is 0.133. The Morgan fingerprint density at radius 2 is 1.28 bits per heavy atom. The third-order valence-corrected chi connectivity index (χ3v) is 13.7. The topological polar surface area (TPSA) is 38.7 Å². The summed E-state index contributed by atoms with van der Waals surface area (Å²) < 4.78 is 4.99. The molecule has 3 nitrogen and oxygen atoms in total. The van der Waals surface area contributed by atoms with E-state index in [-0.39, 0.29) is 5.41 Å². The first-order chi connectivity index (χ1) is 24.8. The van der Waals surface area contributed by atoms with E-state index in [0.29, 0.717) is 0 Å². The first-order valence-electron chi connectivity index (χ1n) is 17.5. The highest BCUT2D eigenvalue weighted by molar-refractivity contribution is 7.26. The minimum absolute atomic E-state index is 0.186. The summed E-state index contributed by atoms with van der Waals surface area (Å²) in [4.78, 5) is 13.7. The molecule has 5 heteroatoms. The fourth-order valence-corrected chi connectivity index (χ4v) is 11.6. The van der Waals surface area contributed by atoms with Gasteiger partial charge in [0.1, 0.15) is 6.33 Å². The van der Waals surface area contributed by atoms with Gasteiger partial charge in [0.15, 0.2) is 0 Å². The summed E-state index contributed by atoms with van der Waals surface area (Å²) in [6.07, 6.45) is 11.9. The van der Waals surface area contributed by atoms with Gasteiger partial charge in [-0.25, -0.2) is 9.97 Å². The molecule has 0 N–H and O–H groups in total. The highest BCUT2D eigenvalue weighted by Crippen LogP contribution is 2.56. The van der Waals surface area contributed by atoms with Crippen molar-refractivity contribution >= 4 is 63.1 Å². The number of hydrogen-bond donors (Lipinski definition) is 0. The lowest BCUT2D eigenvalue weighted by atomic mass is 9.68. The number of hydrogen-bond acceptors (Lipinski definition) is 5. The second-order valence-electron chi connectivity index (χ2n) is 13.9. The summed E-state index contributed by atoms with van der Waals surface area (Å²) in [6, 6.07) is 41.1. The van der Waals surface area contributed by atoms with Gasteiger partial charge in [-0.2, -0.15) is 0 Å². The van der Waals surface area contributed by atoms with Crippen LogP contribution in [-0.2, 0) is 5.41 Å². The van der Waals surface area contributed by atoms with Crippen LogP contribution in [0.15, 0.2) is 128 Å². The molecule has 1 fully saturated rings. The van der Waals surface area contributed by atoms with Gasteiger partial charge in [-0.3, -0.25) is 4.98 Å². The van der Waals surface area contributed by atoms with E-state index in [1.807, 2.05) is 35.9 Å². The van der Waals surface area contributed by atoms with Crippen LogP contribution in [0, 0.1) is 0 Å². The standard InChI is InChI=1S/C45H31N3S2/c1-4-20-45(21-5-1)36-12-3-2-8-32(36)35-24-28(15-17-37(35)45)31-10-6-11-34-33-16-14-29(25-39(33)50-43(31)34)30-9-7-13-38-40(30)42-44(49-38)41(47-26-48-42)27-18-22-46-23-19-27/h2-3,6-19,22-26H,1,4-5,20-21H2. The first-order valence-corrected chi connectivity index (χ1v) is 19.2. The quantitative estimate of drug-likeness (QED) is 0.187. The molecule has 5 aromatic carbocycles. The van der Waals surface area contributed by atoms with Gasteiger partial charge < -0.3 is 0 Å². The Balaban J connectivity index is 1.05. The molecule has 50 heavy (non-hydrogen) atoms. The van der Waals surface area contributed by atoms with E-state index in [1.54, 1.807) is 28.8 Å². The van der Waals surface area contributed by atoms with Crippen LogP contribution in [0.3, 0.4) is 0 Å². The van der Waals surface area contributed by atoms with E-state index in [1.165, 1.54) is 95.7 Å². The van der Waals surface area contributed by atoms with Crippen LogP contribution in [0.5, 0.6) is 0 Å². The molecule has 4 aromatic heterocycles. The van der Waals surface area contributed by atoms with Gasteiger partial charge in [0.05, 0.1) is 15.9 Å². The molecule has 0 radical (unpaired) electrons. The molecule has 0 amide bonds. The number of benzene rings is 5. The summed E-state index contributed by atoms with van der Waals surface area (Å²) in [5.74, 6) is 0. The predicted molar refractivity (Wildman–Crippen MR) is 211 cm³/mol. The van der Waals surface area contributed by atoms with Crippen LogP contribution >= 0.6 is 22.7 Å². The Bertz CT molecular complexity index is 2800. The summed E-state index contributed by atoms with van der Waals surface area (Å²) in [5, 5.41) is 3.83. The molecule has 4 heterocycles. The molecule has 0 bridgehead atoms. The number of pyridine rings is 1. The highest BCUT2D eigenvalue weighted by atomic mass is 32.1. The smallest absolute Gasteiger partial charge is 0.116 e. The van der Waals surface area contributed by atoms with E-state index in [0.717, 1.165) is 21.5 Å². The molecule has 0 saturated heterocycles. The molecule has 1 spiro atoms. The predicted octanol–water partition coefficient (Wildman–Crippen LogP) is 12.8. The number of thiophene rings is 2. The van der Waals surface area contributed by atoms with E-state index >= 15 is 0 Å².